The third-order valence-corrected chi connectivity index (χ3v) is 7.30. The Hall–Kier alpha value is -3.89. The Bertz CT molecular complexity index is 1320. The van der Waals surface area contributed by atoms with Gasteiger partial charge in [0.1, 0.15) is 36.2 Å². The zero-order valence-corrected chi connectivity index (χ0v) is 21.7. The molecule has 2 aliphatic rings. The number of carbonyl (C=O) groups is 1. The van der Waals surface area contributed by atoms with Crippen LogP contribution >= 0.6 is 0 Å². The molecule has 3 aromatic rings. The summed E-state index contributed by atoms with van der Waals surface area (Å²) in [4.78, 5) is 20.8. The molecule has 37 heavy (non-hydrogen) atoms. The minimum absolute atomic E-state index is 0.0147. The fourth-order valence-electron chi connectivity index (χ4n) is 5.23. The molecule has 0 spiro atoms. The molecule has 1 saturated heterocycles. The molecule has 1 aromatic heterocycles. The Morgan fingerprint density at radius 1 is 1.05 bits per heavy atom. The van der Waals surface area contributed by atoms with Gasteiger partial charge in [0.05, 0.1) is 32.4 Å². The molecule has 7 nitrogen and oxygen atoms in total. The number of ether oxygens (including phenoxy) is 2. The summed E-state index contributed by atoms with van der Waals surface area (Å²) in [5, 5.41) is 10.3. The van der Waals surface area contributed by atoms with Gasteiger partial charge in [-0.15, -0.1) is 0 Å². The van der Waals surface area contributed by atoms with Gasteiger partial charge >= 0.3 is 0 Å². The van der Waals surface area contributed by atoms with Gasteiger partial charge in [0.15, 0.2) is 0 Å². The Kier molecular flexibility index (Phi) is 6.86. The zero-order chi connectivity index (χ0) is 26.0. The molecule has 5 rings (SSSR count). The summed E-state index contributed by atoms with van der Waals surface area (Å²) in [6.45, 7) is 7.11. The van der Waals surface area contributed by atoms with Crippen LogP contribution in [0.1, 0.15) is 52.2 Å². The predicted octanol–water partition coefficient (Wildman–Crippen LogP) is 3.79. The Balaban J connectivity index is 1.42. The van der Waals surface area contributed by atoms with Crippen LogP contribution < -0.4 is 14.6 Å². The summed E-state index contributed by atoms with van der Waals surface area (Å²) >= 11 is 0. The van der Waals surface area contributed by atoms with Gasteiger partial charge in [-0.1, -0.05) is 30.3 Å². The smallest absolute Gasteiger partial charge is 0.293 e. The lowest BCUT2D eigenvalue weighted by Gasteiger charge is -2.35. The van der Waals surface area contributed by atoms with E-state index in [-0.39, 0.29) is 11.5 Å². The van der Waals surface area contributed by atoms with Gasteiger partial charge in [0, 0.05) is 24.0 Å². The van der Waals surface area contributed by atoms with Crippen molar-refractivity contribution in [2.45, 2.75) is 38.9 Å². The maximum absolute atomic E-state index is 13.1. The fourth-order valence-corrected chi connectivity index (χ4v) is 5.23. The third kappa shape index (κ3) is 5.16. The van der Waals surface area contributed by atoms with E-state index in [0.29, 0.717) is 50.3 Å². The largest absolute Gasteiger partial charge is 0.497 e. The Morgan fingerprint density at radius 3 is 2.41 bits per heavy atom. The molecule has 1 N–H and O–H groups in total. The number of nitriles is 1. The van der Waals surface area contributed by atoms with E-state index in [1.54, 1.807) is 19.2 Å². The van der Waals surface area contributed by atoms with Crippen molar-refractivity contribution in [2.75, 3.05) is 38.2 Å². The highest BCUT2D eigenvalue weighted by Crippen LogP contribution is 2.34. The van der Waals surface area contributed by atoms with E-state index < -0.39 is 0 Å². The molecule has 0 radical (unpaired) electrons. The number of aromatic amines is 1. The topological polar surface area (TPSA) is 79.9 Å². The summed E-state index contributed by atoms with van der Waals surface area (Å²) in [7, 11) is 1.61. The van der Waals surface area contributed by atoms with Crippen molar-refractivity contribution in [1.82, 2.24) is 4.90 Å². The average Bonchev–Trinajstić information content (AvgIpc) is 2.92. The number of fused-ring (bicyclic) bond motifs is 1. The van der Waals surface area contributed by atoms with Crippen LogP contribution in [0.25, 0.3) is 0 Å². The summed E-state index contributed by atoms with van der Waals surface area (Å²) < 4.78 is 11.4. The van der Waals surface area contributed by atoms with Crippen LogP contribution in [0.5, 0.6) is 5.75 Å². The number of benzene rings is 2. The molecule has 0 atom stereocenters. The van der Waals surface area contributed by atoms with Crippen molar-refractivity contribution < 1.29 is 19.3 Å². The quantitative estimate of drug-likeness (QED) is 0.536. The zero-order valence-electron chi connectivity index (χ0n) is 21.7. The SMILES string of the molecule is COc1ccc(C(=O)N2CCN(c3[nH+]c(Cc4ccccc4)c4c(c3C#N)CC(C)(C)OC4)CC2)cc1. The minimum atomic E-state index is -0.329. The second-order valence-electron chi connectivity index (χ2n) is 10.3. The first-order valence-electron chi connectivity index (χ1n) is 12.7. The Labute approximate surface area is 218 Å². The van der Waals surface area contributed by atoms with Crippen molar-refractivity contribution in [1.29, 1.82) is 5.26 Å². The number of H-pyrrole nitrogens is 1. The number of nitrogens with zero attached hydrogens (tertiary/aromatic N) is 3. The number of anilines is 1. The van der Waals surface area contributed by atoms with Crippen LogP contribution in [-0.4, -0.2) is 49.7 Å². The van der Waals surface area contributed by atoms with Crippen LogP contribution in [0, 0.1) is 11.3 Å². The number of pyridine rings is 1. The first-order chi connectivity index (χ1) is 17.9. The maximum Gasteiger partial charge on any atom is 0.293 e. The first kappa shape index (κ1) is 24.8. The number of amides is 1. The van der Waals surface area contributed by atoms with Crippen LogP contribution in [0.15, 0.2) is 54.6 Å². The van der Waals surface area contributed by atoms with Crippen LogP contribution in [0.4, 0.5) is 5.82 Å². The second kappa shape index (κ2) is 10.2. The highest BCUT2D eigenvalue weighted by Gasteiger charge is 2.37. The monoisotopic (exact) mass is 497 g/mol. The molecule has 2 aliphatic heterocycles. The molecular formula is C30H33N4O3+. The number of aromatic nitrogens is 1. The van der Waals surface area contributed by atoms with Crippen LogP contribution in [0.2, 0.25) is 0 Å². The predicted molar refractivity (Wildman–Crippen MR) is 141 cm³/mol. The first-order valence-corrected chi connectivity index (χ1v) is 12.7. The third-order valence-electron chi connectivity index (χ3n) is 7.30. The number of nitrogens with one attached hydrogen (secondary N) is 1. The van der Waals surface area contributed by atoms with Gasteiger partial charge in [0.25, 0.3) is 11.7 Å². The van der Waals surface area contributed by atoms with Gasteiger partial charge < -0.3 is 14.4 Å². The molecule has 1 fully saturated rings. The number of hydrogen-bond donors (Lipinski definition) is 0. The van der Waals surface area contributed by atoms with Crippen molar-refractivity contribution in [3.63, 3.8) is 0 Å². The summed E-state index contributed by atoms with van der Waals surface area (Å²) in [6.07, 6.45) is 1.42. The van der Waals surface area contributed by atoms with E-state index in [9.17, 15) is 10.1 Å². The van der Waals surface area contributed by atoms with E-state index in [2.05, 4.69) is 41.9 Å². The highest BCUT2D eigenvalue weighted by atomic mass is 16.5. The number of methoxy groups -OCH3 is 1. The van der Waals surface area contributed by atoms with Gasteiger partial charge in [-0.25, -0.2) is 4.98 Å². The number of rotatable bonds is 5. The number of carbonyl (C=O) groups excluding carboxylic acids is 1. The standard InChI is InChI=1S/C30H32N4O3/c1-30(2)18-24-25(19-31)28(32-27(26(24)20-37-30)17-21-7-5-4-6-8-21)33-13-15-34(16-14-33)29(35)22-9-11-23(36-3)12-10-22/h4-12H,13-18,20H2,1-3H3/p+1. The fraction of sp³-hybridized carbons (Fsp3) is 0.367. The molecule has 3 heterocycles. The second-order valence-corrected chi connectivity index (χ2v) is 10.3. The summed E-state index contributed by atoms with van der Waals surface area (Å²) in [6, 6.07) is 20.1. The average molecular weight is 498 g/mol. The van der Waals surface area contributed by atoms with Crippen LogP contribution in [-0.2, 0) is 24.2 Å². The lowest BCUT2D eigenvalue weighted by molar-refractivity contribution is -0.378. The molecule has 190 valence electrons. The van der Waals surface area contributed by atoms with Gasteiger partial charge in [-0.05, 0) is 49.2 Å². The molecule has 0 unspecified atom stereocenters. The molecule has 0 aliphatic carbocycles. The van der Waals surface area contributed by atoms with Crippen molar-refractivity contribution >= 4 is 11.7 Å². The highest BCUT2D eigenvalue weighted by molar-refractivity contribution is 5.94. The minimum Gasteiger partial charge on any atom is -0.497 e. The summed E-state index contributed by atoms with van der Waals surface area (Å²) in [5.74, 6) is 1.59. The maximum atomic E-state index is 13.1. The molecule has 0 bridgehead atoms. The lowest BCUT2D eigenvalue weighted by Crippen LogP contribution is -2.51. The van der Waals surface area contributed by atoms with Gasteiger partial charge in [0.2, 0.25) is 0 Å². The normalized spacial score (nSPS) is 16.6. The molecule has 1 amide bonds. The number of piperazine rings is 1. The van der Waals surface area contributed by atoms with Gasteiger partial charge in [-0.2, -0.15) is 5.26 Å². The van der Waals surface area contributed by atoms with E-state index in [0.717, 1.165) is 34.8 Å². The summed E-state index contributed by atoms with van der Waals surface area (Å²) in [5.41, 5.74) is 5.48. The van der Waals surface area contributed by atoms with E-state index in [1.165, 1.54) is 5.56 Å². The number of hydrogen-bond acceptors (Lipinski definition) is 5. The molecular weight excluding hydrogens is 464 g/mol. The van der Waals surface area contributed by atoms with E-state index >= 15 is 0 Å². The van der Waals surface area contributed by atoms with E-state index in [1.807, 2.05) is 35.2 Å². The lowest BCUT2D eigenvalue weighted by atomic mass is 9.87. The molecule has 0 saturated carbocycles. The van der Waals surface area contributed by atoms with Crippen molar-refractivity contribution in [3.8, 4) is 11.8 Å². The van der Waals surface area contributed by atoms with Crippen molar-refractivity contribution in [2.24, 2.45) is 0 Å². The molecule has 7 heteroatoms. The molecule has 2 aromatic carbocycles. The van der Waals surface area contributed by atoms with Gasteiger partial charge in [-0.3, -0.25) is 9.69 Å². The van der Waals surface area contributed by atoms with Crippen molar-refractivity contribution in [3.05, 3.63) is 88.1 Å². The van der Waals surface area contributed by atoms with Crippen LogP contribution in [0.3, 0.4) is 0 Å². The van der Waals surface area contributed by atoms with E-state index in [4.69, 9.17) is 9.47 Å². The Morgan fingerprint density at radius 2 is 1.76 bits per heavy atom.